The van der Waals surface area contributed by atoms with E-state index in [1.807, 2.05) is 0 Å². The number of halogens is 1. The van der Waals surface area contributed by atoms with Gasteiger partial charge in [0.1, 0.15) is 11.3 Å². The molecular weight excluding hydrogens is 290 g/mol. The Morgan fingerprint density at radius 3 is 2.57 bits per heavy atom. The van der Waals surface area contributed by atoms with Crippen molar-refractivity contribution in [3.05, 3.63) is 63.5 Å². The van der Waals surface area contributed by atoms with Gasteiger partial charge in [-0.15, -0.1) is 0 Å². The van der Waals surface area contributed by atoms with Gasteiger partial charge in [-0.1, -0.05) is 11.6 Å². The van der Waals surface area contributed by atoms with Crippen LogP contribution in [0, 0.1) is 0 Å². The zero-order chi connectivity index (χ0) is 15.0. The van der Waals surface area contributed by atoms with Crippen LogP contribution < -0.4 is 10.9 Å². The number of amides is 1. The number of hydrogen-bond donors (Lipinski definition) is 2. The van der Waals surface area contributed by atoms with E-state index >= 15 is 0 Å². The van der Waals surface area contributed by atoms with Crippen molar-refractivity contribution in [2.45, 2.75) is 0 Å². The van der Waals surface area contributed by atoms with Crippen LogP contribution in [0.3, 0.4) is 0 Å². The van der Waals surface area contributed by atoms with Gasteiger partial charge in [0.15, 0.2) is 0 Å². The zero-order valence-corrected chi connectivity index (χ0v) is 11.9. The first-order valence-corrected chi connectivity index (χ1v) is 6.71. The number of aromatic amines is 1. The third-order valence-corrected chi connectivity index (χ3v) is 3.48. The average Bonchev–Trinajstić information content (AvgIpc) is 2.91. The van der Waals surface area contributed by atoms with E-state index in [0.29, 0.717) is 22.1 Å². The van der Waals surface area contributed by atoms with Crippen molar-refractivity contribution < 1.29 is 4.79 Å². The lowest BCUT2D eigenvalue weighted by molar-refractivity contribution is 0.0959. The van der Waals surface area contributed by atoms with Crippen molar-refractivity contribution in [2.24, 2.45) is 0 Å². The van der Waals surface area contributed by atoms with Gasteiger partial charge in [0.05, 0.1) is 5.69 Å². The molecular formula is C15H12ClN3O2. The van der Waals surface area contributed by atoms with Crippen LogP contribution in [0.1, 0.15) is 10.5 Å². The van der Waals surface area contributed by atoms with Crippen LogP contribution in [0.4, 0.5) is 0 Å². The smallest absolute Gasteiger partial charge is 0.267 e. The summed E-state index contributed by atoms with van der Waals surface area (Å²) < 4.78 is 1.51. The molecule has 0 radical (unpaired) electrons. The van der Waals surface area contributed by atoms with Crippen LogP contribution >= 0.6 is 11.6 Å². The van der Waals surface area contributed by atoms with Crippen LogP contribution in [0.15, 0.2) is 47.3 Å². The number of nitrogens with one attached hydrogen (secondary N) is 2. The molecule has 2 N–H and O–H groups in total. The van der Waals surface area contributed by atoms with Crippen LogP contribution in [-0.2, 0) is 0 Å². The molecule has 0 aliphatic carbocycles. The second-order valence-corrected chi connectivity index (χ2v) is 4.99. The first-order valence-electron chi connectivity index (χ1n) is 6.33. The lowest BCUT2D eigenvalue weighted by atomic mass is 10.2. The van der Waals surface area contributed by atoms with Crippen molar-refractivity contribution in [3.8, 4) is 5.69 Å². The van der Waals surface area contributed by atoms with E-state index in [9.17, 15) is 9.59 Å². The van der Waals surface area contributed by atoms with Crippen molar-refractivity contribution in [2.75, 3.05) is 7.05 Å². The van der Waals surface area contributed by atoms with Gasteiger partial charge in [0.2, 0.25) is 0 Å². The first-order chi connectivity index (χ1) is 10.1. The summed E-state index contributed by atoms with van der Waals surface area (Å²) >= 11 is 5.87. The molecule has 21 heavy (non-hydrogen) atoms. The highest BCUT2D eigenvalue weighted by molar-refractivity contribution is 6.30. The normalized spacial score (nSPS) is 10.8. The maximum Gasteiger partial charge on any atom is 0.267 e. The maximum atomic E-state index is 12.2. The molecule has 0 fully saturated rings. The monoisotopic (exact) mass is 301 g/mol. The second-order valence-electron chi connectivity index (χ2n) is 4.55. The molecule has 0 unspecified atom stereocenters. The summed E-state index contributed by atoms with van der Waals surface area (Å²) in [6, 6.07) is 11.8. The van der Waals surface area contributed by atoms with E-state index in [0.717, 1.165) is 5.39 Å². The van der Waals surface area contributed by atoms with E-state index in [1.165, 1.54) is 10.6 Å². The third-order valence-electron chi connectivity index (χ3n) is 3.23. The Balaban J connectivity index is 2.28. The Hall–Kier alpha value is -2.53. The van der Waals surface area contributed by atoms with E-state index in [2.05, 4.69) is 10.3 Å². The van der Waals surface area contributed by atoms with Gasteiger partial charge in [-0.25, -0.2) is 0 Å². The van der Waals surface area contributed by atoms with E-state index < -0.39 is 0 Å². The van der Waals surface area contributed by atoms with Crippen molar-refractivity contribution >= 4 is 28.5 Å². The lowest BCUT2D eigenvalue weighted by Crippen LogP contribution is -2.19. The van der Waals surface area contributed by atoms with Crippen LogP contribution in [-0.4, -0.2) is 22.5 Å². The predicted octanol–water partition coefficient (Wildman–Crippen LogP) is 2.33. The average molecular weight is 302 g/mol. The van der Waals surface area contributed by atoms with Gasteiger partial charge in [-0.3, -0.25) is 14.2 Å². The minimum Gasteiger partial charge on any atom is -0.354 e. The number of carbonyl (C=O) groups is 1. The number of fused-ring (bicyclic) bond motifs is 1. The highest BCUT2D eigenvalue weighted by atomic mass is 35.5. The molecule has 1 amide bonds. The fourth-order valence-corrected chi connectivity index (χ4v) is 2.35. The quantitative estimate of drug-likeness (QED) is 0.763. The second kappa shape index (κ2) is 5.10. The number of benzene rings is 1. The molecule has 1 aromatic carbocycles. The number of carbonyl (C=O) groups excluding carboxylic acids is 1. The number of rotatable bonds is 2. The SMILES string of the molecule is CNC(=O)c1cc2ccc(=O)n(-c3ccc(Cl)cc3)c2[nH]1. The highest BCUT2D eigenvalue weighted by Crippen LogP contribution is 2.18. The number of aromatic nitrogens is 2. The highest BCUT2D eigenvalue weighted by Gasteiger charge is 2.12. The number of nitrogens with zero attached hydrogens (tertiary/aromatic N) is 1. The summed E-state index contributed by atoms with van der Waals surface area (Å²) in [6.07, 6.45) is 0. The zero-order valence-electron chi connectivity index (χ0n) is 11.2. The Bertz CT molecular complexity index is 878. The molecule has 3 aromatic rings. The minimum absolute atomic E-state index is 0.185. The van der Waals surface area contributed by atoms with E-state index in [1.54, 1.807) is 43.4 Å². The summed E-state index contributed by atoms with van der Waals surface area (Å²) in [4.78, 5) is 26.9. The molecule has 0 atom stereocenters. The van der Waals surface area contributed by atoms with Crippen LogP contribution in [0.25, 0.3) is 16.7 Å². The number of hydrogen-bond acceptors (Lipinski definition) is 2. The molecule has 0 saturated carbocycles. The Labute approximate surface area is 125 Å². The van der Waals surface area contributed by atoms with Crippen molar-refractivity contribution in [1.29, 1.82) is 0 Å². The summed E-state index contributed by atoms with van der Waals surface area (Å²) in [6.45, 7) is 0. The minimum atomic E-state index is -0.235. The summed E-state index contributed by atoms with van der Waals surface area (Å²) in [5.41, 5.74) is 1.47. The number of pyridine rings is 1. The van der Waals surface area contributed by atoms with Gasteiger partial charge in [0.25, 0.3) is 11.5 Å². The fraction of sp³-hybridized carbons (Fsp3) is 0.0667. The molecule has 3 rings (SSSR count). The van der Waals surface area contributed by atoms with E-state index in [4.69, 9.17) is 11.6 Å². The molecule has 2 aromatic heterocycles. The fourth-order valence-electron chi connectivity index (χ4n) is 2.22. The predicted molar refractivity (Wildman–Crippen MR) is 82.3 cm³/mol. The molecule has 5 nitrogen and oxygen atoms in total. The molecule has 0 spiro atoms. The summed E-state index contributed by atoms with van der Waals surface area (Å²) in [5, 5.41) is 3.92. The largest absolute Gasteiger partial charge is 0.354 e. The standard InChI is InChI=1S/C15H12ClN3O2/c1-17-15(21)12-8-9-2-7-13(20)19(14(9)18-12)11-5-3-10(16)4-6-11/h2-8,18H,1H3,(H,17,21). The van der Waals surface area contributed by atoms with Crippen LogP contribution in [0.5, 0.6) is 0 Å². The Morgan fingerprint density at radius 1 is 1.19 bits per heavy atom. The van der Waals surface area contributed by atoms with Crippen molar-refractivity contribution in [1.82, 2.24) is 14.9 Å². The molecule has 0 saturated heterocycles. The van der Waals surface area contributed by atoms with Crippen molar-refractivity contribution in [3.63, 3.8) is 0 Å². The molecule has 0 aliphatic heterocycles. The molecule has 0 aliphatic rings. The van der Waals surface area contributed by atoms with Gasteiger partial charge < -0.3 is 10.3 Å². The summed E-state index contributed by atoms with van der Waals surface area (Å²) in [7, 11) is 1.56. The molecule has 2 heterocycles. The first kappa shape index (κ1) is 13.5. The molecule has 0 bridgehead atoms. The van der Waals surface area contributed by atoms with Gasteiger partial charge in [-0.2, -0.15) is 0 Å². The lowest BCUT2D eigenvalue weighted by Gasteiger charge is -2.07. The Morgan fingerprint density at radius 2 is 1.90 bits per heavy atom. The maximum absolute atomic E-state index is 12.2. The number of H-pyrrole nitrogens is 1. The Kier molecular flexibility index (Phi) is 3.27. The molecule has 106 valence electrons. The van der Waals surface area contributed by atoms with Gasteiger partial charge in [-0.05, 0) is 36.4 Å². The molecule has 6 heteroatoms. The third kappa shape index (κ3) is 2.32. The van der Waals surface area contributed by atoms with Gasteiger partial charge >= 0.3 is 0 Å². The van der Waals surface area contributed by atoms with E-state index in [-0.39, 0.29) is 11.5 Å². The van der Waals surface area contributed by atoms with Crippen LogP contribution in [0.2, 0.25) is 5.02 Å². The topological polar surface area (TPSA) is 66.9 Å². The van der Waals surface area contributed by atoms with Gasteiger partial charge in [0, 0.05) is 23.5 Å². The summed E-state index contributed by atoms with van der Waals surface area (Å²) in [5.74, 6) is -0.235.